The Labute approximate surface area is 382 Å². The molecule has 0 saturated heterocycles. The SMILES string of the molecule is c1ccc(N(c2cccc(N(c3ccccc3)c3ccc4c(c3)c3ccccc3n4-c3cccc4ccccc34)c2)c2ccc3c(c2)c2ccccc2n3-c2cccc3ccccc23)cc1. The molecular formula is C62H42N4. The fourth-order valence-electron chi connectivity index (χ4n) is 10.3. The van der Waals surface area contributed by atoms with E-state index >= 15 is 0 Å². The zero-order valence-corrected chi connectivity index (χ0v) is 36.0. The molecule has 4 heteroatoms. The summed E-state index contributed by atoms with van der Waals surface area (Å²) in [4.78, 5) is 4.77. The van der Waals surface area contributed by atoms with Crippen molar-refractivity contribution in [1.82, 2.24) is 9.13 Å². The van der Waals surface area contributed by atoms with Gasteiger partial charge in [-0.25, -0.2) is 0 Å². The Morgan fingerprint density at radius 2 is 0.545 bits per heavy atom. The van der Waals surface area contributed by atoms with E-state index in [0.29, 0.717) is 0 Å². The van der Waals surface area contributed by atoms with Crippen LogP contribution in [0.4, 0.5) is 34.1 Å². The Kier molecular flexibility index (Phi) is 8.81. The van der Waals surface area contributed by atoms with E-state index in [9.17, 15) is 0 Å². The van der Waals surface area contributed by atoms with Gasteiger partial charge in [-0.3, -0.25) is 0 Å². The molecular weight excluding hydrogens is 801 g/mol. The van der Waals surface area contributed by atoms with Crippen molar-refractivity contribution in [3.8, 4) is 11.4 Å². The van der Waals surface area contributed by atoms with Gasteiger partial charge < -0.3 is 18.9 Å². The molecule has 13 aromatic rings. The van der Waals surface area contributed by atoms with Gasteiger partial charge in [-0.1, -0.05) is 152 Å². The molecule has 13 rings (SSSR count). The van der Waals surface area contributed by atoms with Crippen LogP contribution in [0.25, 0.3) is 76.5 Å². The first-order valence-corrected chi connectivity index (χ1v) is 22.6. The maximum Gasteiger partial charge on any atom is 0.0542 e. The van der Waals surface area contributed by atoms with E-state index in [1.165, 1.54) is 76.5 Å². The molecule has 0 N–H and O–H groups in total. The molecule has 0 radical (unpaired) electrons. The van der Waals surface area contributed by atoms with Crippen molar-refractivity contribution >= 4 is 99.3 Å². The normalized spacial score (nSPS) is 11.6. The van der Waals surface area contributed by atoms with Gasteiger partial charge in [0, 0.05) is 66.4 Å². The van der Waals surface area contributed by atoms with Crippen LogP contribution in [-0.2, 0) is 0 Å². The lowest BCUT2D eigenvalue weighted by atomic mass is 10.1. The molecule has 4 nitrogen and oxygen atoms in total. The van der Waals surface area contributed by atoms with Gasteiger partial charge in [0.1, 0.15) is 0 Å². The van der Waals surface area contributed by atoms with E-state index in [2.05, 4.69) is 274 Å². The molecule has 310 valence electrons. The summed E-state index contributed by atoms with van der Waals surface area (Å²) in [6, 6.07) is 92.4. The zero-order valence-electron chi connectivity index (χ0n) is 36.0. The average Bonchev–Trinajstić information content (AvgIpc) is 3.89. The molecule has 2 aromatic heterocycles. The van der Waals surface area contributed by atoms with E-state index < -0.39 is 0 Å². The predicted molar refractivity (Wildman–Crippen MR) is 279 cm³/mol. The lowest BCUT2D eigenvalue weighted by molar-refractivity contribution is 1.19. The van der Waals surface area contributed by atoms with E-state index in [0.717, 1.165) is 34.1 Å². The van der Waals surface area contributed by atoms with Crippen molar-refractivity contribution in [3.05, 3.63) is 255 Å². The highest BCUT2D eigenvalue weighted by molar-refractivity contribution is 6.13. The molecule has 0 aliphatic heterocycles. The van der Waals surface area contributed by atoms with E-state index in [-0.39, 0.29) is 0 Å². The molecule has 0 saturated carbocycles. The summed E-state index contributed by atoms with van der Waals surface area (Å²) in [5.41, 5.74) is 13.5. The van der Waals surface area contributed by atoms with E-state index in [4.69, 9.17) is 0 Å². The summed E-state index contributed by atoms with van der Waals surface area (Å²) in [6.45, 7) is 0. The van der Waals surface area contributed by atoms with Gasteiger partial charge in [-0.05, 0) is 114 Å². The second-order valence-corrected chi connectivity index (χ2v) is 17.0. The van der Waals surface area contributed by atoms with Crippen molar-refractivity contribution < 1.29 is 0 Å². The highest BCUT2D eigenvalue weighted by Crippen LogP contribution is 2.45. The van der Waals surface area contributed by atoms with Crippen LogP contribution >= 0.6 is 0 Å². The second-order valence-electron chi connectivity index (χ2n) is 17.0. The van der Waals surface area contributed by atoms with Crippen LogP contribution in [0.15, 0.2) is 255 Å². The average molecular weight is 843 g/mol. The van der Waals surface area contributed by atoms with Gasteiger partial charge in [0.2, 0.25) is 0 Å². The van der Waals surface area contributed by atoms with Crippen LogP contribution < -0.4 is 9.80 Å². The molecule has 11 aromatic carbocycles. The van der Waals surface area contributed by atoms with Crippen LogP contribution in [0.1, 0.15) is 0 Å². The lowest BCUT2D eigenvalue weighted by Crippen LogP contribution is -2.13. The van der Waals surface area contributed by atoms with Crippen LogP contribution in [0.2, 0.25) is 0 Å². The lowest BCUT2D eigenvalue weighted by Gasteiger charge is -2.29. The number of anilines is 6. The number of para-hydroxylation sites is 4. The Morgan fingerprint density at radius 3 is 1.02 bits per heavy atom. The molecule has 0 spiro atoms. The molecule has 0 atom stereocenters. The number of rotatable bonds is 8. The van der Waals surface area contributed by atoms with Crippen LogP contribution in [0, 0.1) is 0 Å². The topological polar surface area (TPSA) is 16.3 Å². The standard InChI is InChI=1S/C62H42N4/c1-3-22-45(23-4-1)63(49-36-38-61-55(41-49)53-30-11-13-32-59(53)65(61)57-34-15-20-43-18-7-9-28-51(43)57)47-26-17-27-48(40-47)64(46-24-5-2-6-25-46)50-37-39-62-56(42-50)54-31-12-14-33-60(54)66(62)58-35-16-21-44-19-8-10-29-52(44)58/h1-42H. The summed E-state index contributed by atoms with van der Waals surface area (Å²) in [5, 5.41) is 9.76. The number of fused-ring (bicyclic) bond motifs is 8. The molecule has 0 unspecified atom stereocenters. The smallest absolute Gasteiger partial charge is 0.0542 e. The molecule has 0 aliphatic rings. The first-order valence-electron chi connectivity index (χ1n) is 22.6. The minimum atomic E-state index is 1.06. The van der Waals surface area contributed by atoms with Gasteiger partial charge in [0.15, 0.2) is 0 Å². The highest BCUT2D eigenvalue weighted by Gasteiger charge is 2.22. The molecule has 0 bridgehead atoms. The first kappa shape index (κ1) is 37.7. The van der Waals surface area contributed by atoms with Crippen molar-refractivity contribution in [2.45, 2.75) is 0 Å². The van der Waals surface area contributed by atoms with Gasteiger partial charge in [-0.15, -0.1) is 0 Å². The molecule has 66 heavy (non-hydrogen) atoms. The minimum absolute atomic E-state index is 1.06. The van der Waals surface area contributed by atoms with Gasteiger partial charge >= 0.3 is 0 Å². The summed E-state index contributed by atoms with van der Waals surface area (Å²) in [5.74, 6) is 0. The number of nitrogens with zero attached hydrogens (tertiary/aromatic N) is 4. The third-order valence-corrected chi connectivity index (χ3v) is 13.2. The van der Waals surface area contributed by atoms with Gasteiger partial charge in [0.05, 0.1) is 33.4 Å². The summed E-state index contributed by atoms with van der Waals surface area (Å²) < 4.78 is 4.86. The predicted octanol–water partition coefficient (Wildman–Crippen LogP) is 17.1. The first-order chi connectivity index (χ1) is 32.8. The van der Waals surface area contributed by atoms with Crippen molar-refractivity contribution in [2.24, 2.45) is 0 Å². The van der Waals surface area contributed by atoms with E-state index in [1.807, 2.05) is 0 Å². The van der Waals surface area contributed by atoms with Crippen molar-refractivity contribution in [1.29, 1.82) is 0 Å². The summed E-state index contributed by atoms with van der Waals surface area (Å²) >= 11 is 0. The Balaban J connectivity index is 0.980. The number of aromatic nitrogens is 2. The fourth-order valence-corrected chi connectivity index (χ4v) is 10.3. The van der Waals surface area contributed by atoms with Gasteiger partial charge in [0.25, 0.3) is 0 Å². The monoisotopic (exact) mass is 842 g/mol. The van der Waals surface area contributed by atoms with Crippen LogP contribution in [0.3, 0.4) is 0 Å². The Hall–Kier alpha value is -8.86. The molecule has 2 heterocycles. The summed E-state index contributed by atoms with van der Waals surface area (Å²) in [7, 11) is 0. The molecule has 0 fully saturated rings. The fraction of sp³-hybridized carbons (Fsp3) is 0. The Morgan fingerprint density at radius 1 is 0.212 bits per heavy atom. The largest absolute Gasteiger partial charge is 0.310 e. The third kappa shape index (κ3) is 6.07. The van der Waals surface area contributed by atoms with Gasteiger partial charge in [-0.2, -0.15) is 0 Å². The quantitative estimate of drug-likeness (QED) is 0.152. The minimum Gasteiger partial charge on any atom is -0.310 e. The van der Waals surface area contributed by atoms with Crippen molar-refractivity contribution in [2.75, 3.05) is 9.80 Å². The highest BCUT2D eigenvalue weighted by atomic mass is 15.2. The second kappa shape index (κ2) is 15.4. The Bertz CT molecular complexity index is 3690. The van der Waals surface area contributed by atoms with E-state index in [1.54, 1.807) is 0 Å². The maximum atomic E-state index is 2.43. The molecule has 0 aliphatic carbocycles. The summed E-state index contributed by atoms with van der Waals surface area (Å²) in [6.07, 6.45) is 0. The maximum absolute atomic E-state index is 2.43. The number of benzene rings is 11. The number of hydrogen-bond acceptors (Lipinski definition) is 2. The van der Waals surface area contributed by atoms with Crippen LogP contribution in [-0.4, -0.2) is 9.13 Å². The third-order valence-electron chi connectivity index (χ3n) is 13.2. The van der Waals surface area contributed by atoms with Crippen molar-refractivity contribution in [3.63, 3.8) is 0 Å². The molecule has 0 amide bonds. The van der Waals surface area contributed by atoms with Crippen LogP contribution in [0.5, 0.6) is 0 Å². The zero-order chi connectivity index (χ0) is 43.6. The number of hydrogen-bond donors (Lipinski definition) is 0.